The van der Waals surface area contributed by atoms with Crippen LogP contribution in [0, 0.1) is 19.8 Å². The molecule has 6 rings (SSSR count). The van der Waals surface area contributed by atoms with Gasteiger partial charge in [0.25, 0.3) is 0 Å². The highest BCUT2D eigenvalue weighted by Crippen LogP contribution is 2.45. The number of alkyl halides is 3. The first-order valence-corrected chi connectivity index (χ1v) is 13.3. The van der Waals surface area contributed by atoms with E-state index >= 15 is 0 Å². The summed E-state index contributed by atoms with van der Waals surface area (Å²) in [4.78, 5) is 9.18. The zero-order chi connectivity index (χ0) is 25.9. The normalized spacial score (nSPS) is 22.8. The average molecular weight is 531 g/mol. The Hall–Kier alpha value is -2.65. The zero-order valence-electron chi connectivity index (χ0n) is 21.0. The van der Waals surface area contributed by atoms with E-state index in [9.17, 15) is 13.2 Å². The molecule has 1 aromatic carbocycles. The Kier molecular flexibility index (Phi) is 6.18. The lowest BCUT2D eigenvalue weighted by molar-refractivity contribution is -0.207. The molecule has 6 nitrogen and oxygen atoms in total. The lowest BCUT2D eigenvalue weighted by Crippen LogP contribution is -2.48. The van der Waals surface area contributed by atoms with Crippen molar-refractivity contribution in [2.75, 3.05) is 18.0 Å². The van der Waals surface area contributed by atoms with Crippen molar-refractivity contribution in [1.82, 2.24) is 24.6 Å². The summed E-state index contributed by atoms with van der Waals surface area (Å²) in [6, 6.07) is 9.87. The first-order valence-electron chi connectivity index (χ1n) is 12.9. The molecule has 3 aromatic rings. The van der Waals surface area contributed by atoms with Crippen molar-refractivity contribution < 1.29 is 13.2 Å². The van der Waals surface area contributed by atoms with Gasteiger partial charge in [-0.3, -0.25) is 9.47 Å². The molecule has 0 unspecified atom stereocenters. The molecular formula is C27H30ClF3N6. The maximum atomic E-state index is 13.2. The van der Waals surface area contributed by atoms with E-state index in [0.29, 0.717) is 18.1 Å². The van der Waals surface area contributed by atoms with Crippen molar-refractivity contribution in [3.63, 3.8) is 0 Å². The third kappa shape index (κ3) is 4.72. The van der Waals surface area contributed by atoms with Crippen LogP contribution in [-0.2, 0) is 13.1 Å². The van der Waals surface area contributed by atoms with E-state index in [1.54, 1.807) is 0 Å². The van der Waals surface area contributed by atoms with Crippen molar-refractivity contribution in [1.29, 1.82) is 0 Å². The minimum atomic E-state index is -4.13. The smallest absolute Gasteiger partial charge is 0.357 e. The number of aryl methyl sites for hydroxylation is 2. The molecule has 0 amide bonds. The van der Waals surface area contributed by atoms with Crippen LogP contribution >= 0.6 is 11.6 Å². The molecule has 0 radical (unpaired) electrons. The van der Waals surface area contributed by atoms with E-state index in [1.807, 2.05) is 25.1 Å². The molecule has 3 aliphatic rings. The van der Waals surface area contributed by atoms with Crippen LogP contribution in [0.5, 0.6) is 0 Å². The lowest BCUT2D eigenvalue weighted by atomic mass is 9.78. The van der Waals surface area contributed by atoms with Crippen LogP contribution < -0.4 is 4.90 Å². The van der Waals surface area contributed by atoms with Gasteiger partial charge in [0, 0.05) is 42.3 Å². The molecule has 37 heavy (non-hydrogen) atoms. The molecule has 4 heterocycles. The molecule has 1 saturated carbocycles. The number of nitrogens with zero attached hydrogens (tertiary/aromatic N) is 6. The summed E-state index contributed by atoms with van der Waals surface area (Å²) in [5.41, 5.74) is 4.21. The van der Waals surface area contributed by atoms with E-state index in [-0.39, 0.29) is 24.8 Å². The zero-order valence-corrected chi connectivity index (χ0v) is 21.7. The number of halogens is 4. The fourth-order valence-corrected chi connectivity index (χ4v) is 6.27. The number of hydrogen-bond acceptors (Lipinski definition) is 5. The summed E-state index contributed by atoms with van der Waals surface area (Å²) in [6.07, 6.45) is -2.01. The van der Waals surface area contributed by atoms with Gasteiger partial charge in [-0.1, -0.05) is 11.6 Å². The topological polar surface area (TPSA) is 50.1 Å². The Morgan fingerprint density at radius 1 is 0.973 bits per heavy atom. The standard InChI is InChI=1S/C27H30ClF3N6/c1-16-9-17(2)32-24(10-16)35-7-5-18(6-8-35)26-34-33-25-15-36(22-12-20(13-22)27(29,30)31)14-19-11-21(28)3-4-23(19)37(25)26/h3-4,9-11,18,20,22H,5-8,12-15H2,1-2H3. The number of aromatic nitrogens is 4. The lowest BCUT2D eigenvalue weighted by Gasteiger charge is -2.43. The van der Waals surface area contributed by atoms with Crippen molar-refractivity contribution in [2.45, 2.75) is 70.8 Å². The molecule has 2 fully saturated rings. The number of benzene rings is 1. The molecule has 0 bridgehead atoms. The van der Waals surface area contributed by atoms with Gasteiger partial charge in [0.05, 0.1) is 18.2 Å². The molecule has 0 spiro atoms. The SMILES string of the molecule is Cc1cc(C)nc(N2CCC(c3nnc4n3-c3ccc(Cl)cc3CN(C3CC(C(F)(F)F)C3)C4)CC2)c1. The second-order valence-corrected chi connectivity index (χ2v) is 11.2. The van der Waals surface area contributed by atoms with Gasteiger partial charge < -0.3 is 4.90 Å². The monoisotopic (exact) mass is 530 g/mol. The molecule has 10 heteroatoms. The Morgan fingerprint density at radius 3 is 2.43 bits per heavy atom. The number of rotatable bonds is 3. The van der Waals surface area contributed by atoms with E-state index in [1.165, 1.54) is 5.56 Å². The quantitative estimate of drug-likeness (QED) is 0.417. The van der Waals surface area contributed by atoms with Crippen molar-refractivity contribution in [3.8, 4) is 5.69 Å². The molecular weight excluding hydrogens is 501 g/mol. The van der Waals surface area contributed by atoms with Gasteiger partial charge in [-0.15, -0.1) is 10.2 Å². The maximum absolute atomic E-state index is 13.2. The number of piperidine rings is 1. The second-order valence-electron chi connectivity index (χ2n) is 10.8. The number of hydrogen-bond donors (Lipinski definition) is 0. The van der Waals surface area contributed by atoms with Gasteiger partial charge >= 0.3 is 6.18 Å². The highest BCUT2D eigenvalue weighted by Gasteiger charge is 2.49. The molecule has 2 aliphatic heterocycles. The van der Waals surface area contributed by atoms with Crippen LogP contribution in [0.3, 0.4) is 0 Å². The predicted molar refractivity (Wildman–Crippen MR) is 136 cm³/mol. The van der Waals surface area contributed by atoms with Gasteiger partial charge in [-0.05, 0) is 81.0 Å². The highest BCUT2D eigenvalue weighted by atomic mass is 35.5. The van der Waals surface area contributed by atoms with Crippen LogP contribution in [0.25, 0.3) is 5.69 Å². The highest BCUT2D eigenvalue weighted by molar-refractivity contribution is 6.30. The van der Waals surface area contributed by atoms with Crippen molar-refractivity contribution >= 4 is 17.4 Å². The van der Waals surface area contributed by atoms with E-state index < -0.39 is 12.1 Å². The van der Waals surface area contributed by atoms with Crippen LogP contribution in [-0.4, -0.2) is 50.0 Å². The van der Waals surface area contributed by atoms with Crippen LogP contribution in [0.2, 0.25) is 5.02 Å². The van der Waals surface area contributed by atoms with Gasteiger partial charge in [-0.25, -0.2) is 4.98 Å². The summed E-state index contributed by atoms with van der Waals surface area (Å²) in [7, 11) is 0. The average Bonchev–Trinajstić information content (AvgIpc) is 3.13. The Bertz CT molecular complexity index is 1290. The Balaban J connectivity index is 1.26. The first kappa shape index (κ1) is 24.7. The molecule has 196 valence electrons. The van der Waals surface area contributed by atoms with Gasteiger partial charge in [0.1, 0.15) is 11.6 Å². The second kappa shape index (κ2) is 9.27. The molecule has 2 aromatic heterocycles. The molecule has 1 saturated heterocycles. The van der Waals surface area contributed by atoms with Crippen LogP contribution in [0.1, 0.15) is 60.1 Å². The third-order valence-corrected chi connectivity index (χ3v) is 8.35. The molecule has 0 N–H and O–H groups in total. The summed E-state index contributed by atoms with van der Waals surface area (Å²) >= 11 is 6.35. The van der Waals surface area contributed by atoms with Gasteiger partial charge in [-0.2, -0.15) is 13.2 Å². The number of pyridine rings is 1. The van der Waals surface area contributed by atoms with E-state index in [2.05, 4.69) is 43.6 Å². The van der Waals surface area contributed by atoms with E-state index in [0.717, 1.165) is 60.3 Å². The summed E-state index contributed by atoms with van der Waals surface area (Å²) in [6.45, 7) is 6.89. The fourth-order valence-electron chi connectivity index (χ4n) is 6.08. The Morgan fingerprint density at radius 2 is 1.73 bits per heavy atom. The summed E-state index contributed by atoms with van der Waals surface area (Å²) in [5.74, 6) is 1.74. The predicted octanol–water partition coefficient (Wildman–Crippen LogP) is 5.97. The van der Waals surface area contributed by atoms with E-state index in [4.69, 9.17) is 16.6 Å². The Labute approximate surface area is 219 Å². The largest absolute Gasteiger partial charge is 0.391 e. The first-order chi connectivity index (χ1) is 17.7. The van der Waals surface area contributed by atoms with Crippen LogP contribution in [0.15, 0.2) is 30.3 Å². The van der Waals surface area contributed by atoms with Crippen molar-refractivity contribution in [2.24, 2.45) is 5.92 Å². The maximum Gasteiger partial charge on any atom is 0.391 e. The minimum absolute atomic E-state index is 0.126. The summed E-state index contributed by atoms with van der Waals surface area (Å²) in [5, 5.41) is 9.82. The van der Waals surface area contributed by atoms with Crippen LogP contribution in [0.4, 0.5) is 19.0 Å². The van der Waals surface area contributed by atoms with Crippen molar-refractivity contribution in [3.05, 3.63) is 63.8 Å². The third-order valence-electron chi connectivity index (χ3n) is 8.12. The minimum Gasteiger partial charge on any atom is -0.357 e. The molecule has 0 atom stereocenters. The molecule has 1 aliphatic carbocycles. The summed E-state index contributed by atoms with van der Waals surface area (Å²) < 4.78 is 41.6. The van der Waals surface area contributed by atoms with Gasteiger partial charge in [0.15, 0.2) is 5.82 Å². The fraction of sp³-hybridized carbons (Fsp3) is 0.519. The number of anilines is 1. The van der Waals surface area contributed by atoms with Gasteiger partial charge in [0.2, 0.25) is 0 Å². The number of fused-ring (bicyclic) bond motifs is 3.